The molecule has 17 heavy (non-hydrogen) atoms. The minimum absolute atomic E-state index is 0.00278. The summed E-state index contributed by atoms with van der Waals surface area (Å²) in [6.45, 7) is 8.61. The van der Waals surface area contributed by atoms with Gasteiger partial charge in [0.15, 0.2) is 11.5 Å². The number of carbonyl (C=O) groups is 1. The highest BCUT2D eigenvalue weighted by molar-refractivity contribution is 5.72. The molecule has 1 N–H and O–H groups in total. The molecular formula is C13H19NO3. The Morgan fingerprint density at radius 3 is 2.35 bits per heavy atom. The Bertz CT molecular complexity index is 388. The summed E-state index contributed by atoms with van der Waals surface area (Å²) in [5.41, 5.74) is 1.69. The number of carbonyl (C=O) groups excluding carboxylic acids is 1. The molecule has 0 aliphatic carbocycles. The quantitative estimate of drug-likeness (QED) is 0.879. The molecule has 4 nitrogen and oxygen atoms in total. The summed E-state index contributed by atoms with van der Waals surface area (Å²) in [5, 5.41) is 9.75. The Morgan fingerprint density at radius 1 is 1.29 bits per heavy atom. The van der Waals surface area contributed by atoms with Gasteiger partial charge in [0, 0.05) is 13.1 Å². The van der Waals surface area contributed by atoms with E-state index in [1.165, 1.54) is 0 Å². The Balaban J connectivity index is 2.92. The summed E-state index contributed by atoms with van der Waals surface area (Å²) < 4.78 is 5.21. The van der Waals surface area contributed by atoms with Crippen LogP contribution in [0.5, 0.6) is 11.5 Å². The molecule has 4 heteroatoms. The highest BCUT2D eigenvalue weighted by Gasteiger charge is 2.16. The number of ether oxygens (including phenoxy) is 1. The number of hydrogen-bond donors (Lipinski definition) is 1. The van der Waals surface area contributed by atoms with Crippen molar-refractivity contribution >= 4 is 6.09 Å². The maximum Gasteiger partial charge on any atom is 0.415 e. The fourth-order valence-corrected chi connectivity index (χ4v) is 1.70. The van der Waals surface area contributed by atoms with Gasteiger partial charge in [-0.05, 0) is 44.9 Å². The fraction of sp³-hybridized carbons (Fsp3) is 0.462. The molecule has 0 aliphatic heterocycles. The van der Waals surface area contributed by atoms with Crippen LogP contribution in [0.4, 0.5) is 4.79 Å². The standard InChI is InChI=1S/C13H19NO3/c1-5-14(6-2)13(16)17-12-10(4)7-9(3)8-11(12)15/h7-8,15H,5-6H2,1-4H3. The van der Waals surface area contributed by atoms with Crippen molar-refractivity contribution in [1.82, 2.24) is 4.90 Å². The summed E-state index contributed by atoms with van der Waals surface area (Å²) in [6, 6.07) is 3.45. The molecule has 1 rings (SSSR count). The first-order valence-corrected chi connectivity index (χ1v) is 5.76. The number of aromatic hydroxyl groups is 1. The molecule has 0 aliphatic rings. The van der Waals surface area contributed by atoms with E-state index < -0.39 is 6.09 Å². The maximum absolute atomic E-state index is 11.8. The van der Waals surface area contributed by atoms with Crippen LogP contribution in [0.1, 0.15) is 25.0 Å². The van der Waals surface area contributed by atoms with E-state index in [0.717, 1.165) is 11.1 Å². The number of nitrogens with zero attached hydrogens (tertiary/aromatic N) is 1. The van der Waals surface area contributed by atoms with Gasteiger partial charge in [-0.15, -0.1) is 0 Å². The molecule has 0 atom stereocenters. The van der Waals surface area contributed by atoms with E-state index in [1.54, 1.807) is 17.9 Å². The number of aryl methyl sites for hydroxylation is 2. The van der Waals surface area contributed by atoms with E-state index in [4.69, 9.17) is 4.74 Å². The Labute approximate surface area is 102 Å². The second-order valence-electron chi connectivity index (χ2n) is 3.97. The van der Waals surface area contributed by atoms with Crippen LogP contribution in [-0.4, -0.2) is 29.2 Å². The molecule has 94 valence electrons. The topological polar surface area (TPSA) is 49.8 Å². The first kappa shape index (κ1) is 13.4. The van der Waals surface area contributed by atoms with Crippen molar-refractivity contribution in [2.45, 2.75) is 27.7 Å². The van der Waals surface area contributed by atoms with E-state index in [9.17, 15) is 9.90 Å². The predicted molar refractivity (Wildman–Crippen MR) is 66.5 cm³/mol. The van der Waals surface area contributed by atoms with Gasteiger partial charge in [-0.25, -0.2) is 4.79 Å². The van der Waals surface area contributed by atoms with Gasteiger partial charge in [-0.3, -0.25) is 0 Å². The molecule has 1 aromatic carbocycles. The van der Waals surface area contributed by atoms with Crippen molar-refractivity contribution in [1.29, 1.82) is 0 Å². The van der Waals surface area contributed by atoms with Crippen molar-refractivity contribution in [3.05, 3.63) is 23.3 Å². The molecule has 0 radical (unpaired) electrons. The van der Waals surface area contributed by atoms with E-state index >= 15 is 0 Å². The van der Waals surface area contributed by atoms with Crippen LogP contribution < -0.4 is 4.74 Å². The van der Waals surface area contributed by atoms with Crippen molar-refractivity contribution in [2.24, 2.45) is 0 Å². The highest BCUT2D eigenvalue weighted by atomic mass is 16.6. The second-order valence-corrected chi connectivity index (χ2v) is 3.97. The van der Waals surface area contributed by atoms with Crippen LogP contribution in [-0.2, 0) is 0 Å². The van der Waals surface area contributed by atoms with Crippen LogP contribution in [0.3, 0.4) is 0 Å². The molecule has 0 heterocycles. The average molecular weight is 237 g/mol. The SMILES string of the molecule is CCN(CC)C(=O)Oc1c(C)cc(C)cc1O. The molecule has 0 bridgehead atoms. The van der Waals surface area contributed by atoms with Gasteiger partial charge in [0.05, 0.1) is 0 Å². The van der Waals surface area contributed by atoms with E-state index in [-0.39, 0.29) is 11.5 Å². The molecule has 1 aromatic rings. The van der Waals surface area contributed by atoms with Crippen molar-refractivity contribution < 1.29 is 14.6 Å². The average Bonchev–Trinajstić information content (AvgIpc) is 2.25. The molecule has 0 spiro atoms. The predicted octanol–water partition coefficient (Wildman–Crippen LogP) is 2.85. The highest BCUT2D eigenvalue weighted by Crippen LogP contribution is 2.31. The fourth-order valence-electron chi connectivity index (χ4n) is 1.70. The zero-order chi connectivity index (χ0) is 13.0. The van der Waals surface area contributed by atoms with Crippen molar-refractivity contribution in [2.75, 3.05) is 13.1 Å². The smallest absolute Gasteiger partial charge is 0.415 e. The number of amides is 1. The van der Waals surface area contributed by atoms with Crippen LogP contribution in [0.2, 0.25) is 0 Å². The molecule has 0 unspecified atom stereocenters. The minimum atomic E-state index is -0.433. The lowest BCUT2D eigenvalue weighted by atomic mass is 10.1. The van der Waals surface area contributed by atoms with Crippen molar-refractivity contribution in [3.63, 3.8) is 0 Å². The molecule has 0 saturated heterocycles. The number of rotatable bonds is 3. The third kappa shape index (κ3) is 3.12. The molecule has 1 amide bonds. The van der Waals surface area contributed by atoms with E-state index in [1.807, 2.05) is 26.8 Å². The zero-order valence-corrected chi connectivity index (χ0v) is 10.8. The molecule has 0 saturated carbocycles. The maximum atomic E-state index is 11.8. The number of phenolic OH excluding ortho intramolecular Hbond substituents is 1. The van der Waals surface area contributed by atoms with E-state index in [2.05, 4.69) is 0 Å². The lowest BCUT2D eigenvalue weighted by Crippen LogP contribution is -2.33. The largest absolute Gasteiger partial charge is 0.504 e. The van der Waals surface area contributed by atoms with Gasteiger partial charge < -0.3 is 14.7 Å². The van der Waals surface area contributed by atoms with Gasteiger partial charge in [0.25, 0.3) is 0 Å². The first-order valence-electron chi connectivity index (χ1n) is 5.76. The third-order valence-corrected chi connectivity index (χ3v) is 2.61. The van der Waals surface area contributed by atoms with Gasteiger partial charge in [0.1, 0.15) is 0 Å². The summed E-state index contributed by atoms with van der Waals surface area (Å²) >= 11 is 0. The monoisotopic (exact) mass is 237 g/mol. The molecule has 0 aromatic heterocycles. The van der Waals surface area contributed by atoms with Crippen LogP contribution >= 0.6 is 0 Å². The van der Waals surface area contributed by atoms with Crippen LogP contribution in [0.25, 0.3) is 0 Å². The van der Waals surface area contributed by atoms with Crippen molar-refractivity contribution in [3.8, 4) is 11.5 Å². The third-order valence-electron chi connectivity index (χ3n) is 2.61. The van der Waals surface area contributed by atoms with Crippen LogP contribution in [0, 0.1) is 13.8 Å². The minimum Gasteiger partial charge on any atom is -0.504 e. The summed E-state index contributed by atoms with van der Waals surface area (Å²) in [7, 11) is 0. The zero-order valence-electron chi connectivity index (χ0n) is 10.8. The number of hydrogen-bond acceptors (Lipinski definition) is 3. The lowest BCUT2D eigenvalue weighted by molar-refractivity contribution is 0.155. The van der Waals surface area contributed by atoms with Gasteiger partial charge in [0.2, 0.25) is 0 Å². The Kier molecular flexibility index (Phi) is 4.37. The first-order chi connectivity index (χ1) is 7.99. The Morgan fingerprint density at radius 2 is 1.88 bits per heavy atom. The molecule has 0 fully saturated rings. The number of benzene rings is 1. The Hall–Kier alpha value is -1.71. The van der Waals surface area contributed by atoms with Gasteiger partial charge >= 0.3 is 6.09 Å². The number of phenols is 1. The summed E-state index contributed by atoms with van der Waals surface area (Å²) in [4.78, 5) is 13.3. The van der Waals surface area contributed by atoms with Gasteiger partial charge in [-0.1, -0.05) is 6.07 Å². The second kappa shape index (κ2) is 5.57. The van der Waals surface area contributed by atoms with Crippen LogP contribution in [0.15, 0.2) is 12.1 Å². The van der Waals surface area contributed by atoms with E-state index in [0.29, 0.717) is 13.1 Å². The normalized spacial score (nSPS) is 10.1. The summed E-state index contributed by atoms with van der Waals surface area (Å²) in [6.07, 6.45) is -0.433. The molecular weight excluding hydrogens is 218 g/mol. The summed E-state index contributed by atoms with van der Waals surface area (Å²) in [5.74, 6) is 0.246. The lowest BCUT2D eigenvalue weighted by Gasteiger charge is -2.19. The van der Waals surface area contributed by atoms with Gasteiger partial charge in [-0.2, -0.15) is 0 Å².